The van der Waals surface area contributed by atoms with E-state index in [0.29, 0.717) is 22.1 Å². The van der Waals surface area contributed by atoms with Gasteiger partial charge in [0.15, 0.2) is 0 Å². The summed E-state index contributed by atoms with van der Waals surface area (Å²) in [7, 11) is 0. The van der Waals surface area contributed by atoms with Crippen LogP contribution in [0, 0.1) is 5.82 Å². The van der Waals surface area contributed by atoms with E-state index in [0.717, 1.165) is 15.7 Å². The number of hydrogen-bond acceptors (Lipinski definition) is 3. The topological polar surface area (TPSA) is 29.5 Å². The van der Waals surface area contributed by atoms with Gasteiger partial charge in [0.1, 0.15) is 23.5 Å². The molecule has 0 radical (unpaired) electrons. The molecule has 3 nitrogen and oxygen atoms in total. The third-order valence-electron chi connectivity index (χ3n) is 4.55. The lowest BCUT2D eigenvalue weighted by Gasteiger charge is -2.25. The zero-order chi connectivity index (χ0) is 20.4. The van der Waals surface area contributed by atoms with Gasteiger partial charge in [-0.2, -0.15) is 0 Å². The van der Waals surface area contributed by atoms with Gasteiger partial charge in [-0.3, -0.25) is 9.69 Å². The number of carbonyl (C=O) groups is 1. The van der Waals surface area contributed by atoms with Gasteiger partial charge in [0.05, 0.1) is 10.2 Å². The zero-order valence-corrected chi connectivity index (χ0v) is 18.3. The van der Waals surface area contributed by atoms with Gasteiger partial charge in [0.2, 0.25) is 5.91 Å². The predicted octanol–water partition coefficient (Wildman–Crippen LogP) is 6.60. The fourth-order valence-electron chi connectivity index (χ4n) is 3.11. The lowest BCUT2D eigenvalue weighted by atomic mass is 10.1. The average Bonchev–Trinajstić information content (AvgIpc) is 3.10. The number of halogens is 3. The molecule has 4 rings (SSSR count). The number of hydrogen-bond donors (Lipinski definition) is 0. The molecule has 148 valence electrons. The van der Waals surface area contributed by atoms with Crippen molar-refractivity contribution in [2.24, 2.45) is 0 Å². The Morgan fingerprint density at radius 2 is 1.90 bits per heavy atom. The minimum atomic E-state index is -0.292. The first-order valence-electron chi connectivity index (χ1n) is 8.88. The molecule has 1 fully saturated rings. The lowest BCUT2D eigenvalue weighted by molar-refractivity contribution is -0.115. The van der Waals surface area contributed by atoms with Crippen molar-refractivity contribution in [1.29, 1.82) is 0 Å². The molecular weight excluding hydrogens is 477 g/mol. The molecule has 0 bridgehead atoms. The first-order chi connectivity index (χ1) is 14.0. The summed E-state index contributed by atoms with van der Waals surface area (Å²) in [5.74, 6) is 0.790. The number of ether oxygens (including phenoxy) is 1. The molecule has 0 aromatic heterocycles. The van der Waals surface area contributed by atoms with Gasteiger partial charge < -0.3 is 4.74 Å². The molecule has 3 aromatic carbocycles. The van der Waals surface area contributed by atoms with Crippen LogP contribution in [0.1, 0.15) is 16.5 Å². The van der Waals surface area contributed by atoms with Crippen molar-refractivity contribution < 1.29 is 13.9 Å². The molecule has 0 saturated carbocycles. The number of thioether (sulfide) groups is 1. The highest BCUT2D eigenvalue weighted by Gasteiger charge is 2.34. The van der Waals surface area contributed by atoms with Crippen molar-refractivity contribution in [3.05, 3.63) is 93.2 Å². The Balaban J connectivity index is 1.54. The second-order valence-electron chi connectivity index (χ2n) is 6.47. The molecule has 1 aliphatic heterocycles. The van der Waals surface area contributed by atoms with Gasteiger partial charge in [-0.1, -0.05) is 35.9 Å². The van der Waals surface area contributed by atoms with Crippen molar-refractivity contribution in [3.8, 4) is 5.75 Å². The Bertz CT molecular complexity index is 1050. The fraction of sp³-hybridized carbons (Fsp3) is 0.136. The van der Waals surface area contributed by atoms with Gasteiger partial charge in [0.25, 0.3) is 0 Å². The third kappa shape index (κ3) is 4.44. The SMILES string of the molecule is O=C1CS[C@@H](c2ccc(OCc3ccccc3F)c(Br)c2)N1c1ccc(Cl)cc1. The first-order valence-corrected chi connectivity index (χ1v) is 11.1. The molecule has 29 heavy (non-hydrogen) atoms. The average molecular weight is 493 g/mol. The second-order valence-corrected chi connectivity index (χ2v) is 8.83. The van der Waals surface area contributed by atoms with Crippen LogP contribution < -0.4 is 9.64 Å². The summed E-state index contributed by atoms with van der Waals surface area (Å²) < 4.78 is 20.3. The maximum absolute atomic E-state index is 13.8. The molecule has 0 N–H and O–H groups in total. The van der Waals surface area contributed by atoms with E-state index in [1.807, 2.05) is 30.3 Å². The van der Waals surface area contributed by atoms with Crippen molar-refractivity contribution in [3.63, 3.8) is 0 Å². The number of nitrogens with zero attached hydrogens (tertiary/aromatic N) is 1. The van der Waals surface area contributed by atoms with E-state index < -0.39 is 0 Å². The Morgan fingerprint density at radius 3 is 2.62 bits per heavy atom. The van der Waals surface area contributed by atoms with Crippen LogP contribution in [0.15, 0.2) is 71.2 Å². The van der Waals surface area contributed by atoms with Crippen LogP contribution in [0.4, 0.5) is 10.1 Å². The van der Waals surface area contributed by atoms with Crippen LogP contribution in [0.3, 0.4) is 0 Å². The standard InChI is InChI=1S/C22H16BrClFNO2S/c23-18-11-14(5-10-20(18)28-12-15-3-1-2-4-19(15)25)22-26(21(27)13-29-22)17-8-6-16(24)7-9-17/h1-11,22H,12-13H2/t22-/m0/s1. The first kappa shape index (κ1) is 20.3. The van der Waals surface area contributed by atoms with E-state index in [-0.39, 0.29) is 23.7 Å². The molecule has 1 aliphatic rings. The fourth-order valence-corrected chi connectivity index (χ4v) is 4.91. The zero-order valence-electron chi connectivity index (χ0n) is 15.1. The van der Waals surface area contributed by atoms with Crippen LogP contribution >= 0.6 is 39.3 Å². The van der Waals surface area contributed by atoms with Crippen LogP contribution in [-0.4, -0.2) is 11.7 Å². The highest BCUT2D eigenvalue weighted by molar-refractivity contribution is 9.10. The maximum Gasteiger partial charge on any atom is 0.238 e. The molecule has 1 heterocycles. The summed E-state index contributed by atoms with van der Waals surface area (Å²) in [5, 5.41) is 0.490. The van der Waals surface area contributed by atoms with Crippen molar-refractivity contribution in [2.45, 2.75) is 12.0 Å². The minimum Gasteiger partial charge on any atom is -0.488 e. The summed E-state index contributed by atoms with van der Waals surface area (Å²) in [5.41, 5.74) is 2.28. The van der Waals surface area contributed by atoms with Crippen LogP contribution in [0.2, 0.25) is 5.02 Å². The van der Waals surface area contributed by atoms with Gasteiger partial charge >= 0.3 is 0 Å². The maximum atomic E-state index is 13.8. The Labute approximate surface area is 185 Å². The number of carbonyl (C=O) groups excluding carboxylic acids is 1. The number of benzene rings is 3. The van der Waals surface area contributed by atoms with E-state index in [2.05, 4.69) is 15.9 Å². The Kier molecular flexibility index (Phi) is 6.13. The van der Waals surface area contributed by atoms with Gasteiger partial charge in [-0.05, 0) is 64.0 Å². The third-order valence-corrected chi connectivity index (χ3v) is 6.64. The van der Waals surface area contributed by atoms with Crippen LogP contribution in [0.25, 0.3) is 0 Å². The number of amides is 1. The summed E-state index contributed by atoms with van der Waals surface area (Å²) in [4.78, 5) is 14.3. The normalized spacial score (nSPS) is 16.3. The Morgan fingerprint density at radius 1 is 1.14 bits per heavy atom. The van der Waals surface area contributed by atoms with E-state index in [1.165, 1.54) is 6.07 Å². The minimum absolute atomic E-state index is 0.0540. The molecule has 1 atom stereocenters. The molecule has 7 heteroatoms. The largest absolute Gasteiger partial charge is 0.488 e. The summed E-state index contributed by atoms with van der Waals surface area (Å²) >= 11 is 11.1. The highest BCUT2D eigenvalue weighted by Crippen LogP contribution is 2.43. The Hall–Kier alpha value is -2.02. The van der Waals surface area contributed by atoms with Gasteiger partial charge in [0, 0.05) is 16.3 Å². The highest BCUT2D eigenvalue weighted by atomic mass is 79.9. The second kappa shape index (κ2) is 8.78. The molecule has 1 amide bonds. The molecule has 3 aromatic rings. The van der Waals surface area contributed by atoms with Crippen molar-refractivity contribution in [2.75, 3.05) is 10.7 Å². The van der Waals surface area contributed by atoms with Crippen LogP contribution in [0.5, 0.6) is 5.75 Å². The smallest absolute Gasteiger partial charge is 0.238 e. The lowest BCUT2D eigenvalue weighted by Crippen LogP contribution is -2.27. The molecule has 0 unspecified atom stereocenters. The quantitative estimate of drug-likeness (QED) is 0.402. The molecular formula is C22H16BrClFNO2S. The van der Waals surface area contributed by atoms with Crippen molar-refractivity contribution >= 4 is 50.9 Å². The van der Waals surface area contributed by atoms with E-state index in [1.54, 1.807) is 47.0 Å². The molecule has 1 saturated heterocycles. The summed E-state index contributed by atoms with van der Waals surface area (Å²) in [6.07, 6.45) is 0. The predicted molar refractivity (Wildman–Crippen MR) is 119 cm³/mol. The van der Waals surface area contributed by atoms with Crippen molar-refractivity contribution in [1.82, 2.24) is 0 Å². The number of rotatable bonds is 5. The van der Waals surface area contributed by atoms with Gasteiger partial charge in [-0.15, -0.1) is 11.8 Å². The van der Waals surface area contributed by atoms with E-state index >= 15 is 0 Å². The molecule has 0 aliphatic carbocycles. The number of anilines is 1. The van der Waals surface area contributed by atoms with Gasteiger partial charge in [-0.25, -0.2) is 4.39 Å². The van der Waals surface area contributed by atoms with Crippen LogP contribution in [-0.2, 0) is 11.4 Å². The van der Waals surface area contributed by atoms with E-state index in [4.69, 9.17) is 16.3 Å². The summed E-state index contributed by atoms with van der Waals surface area (Å²) in [6, 6.07) is 19.5. The summed E-state index contributed by atoms with van der Waals surface area (Å²) in [6.45, 7) is 0.137. The monoisotopic (exact) mass is 491 g/mol. The molecule has 0 spiro atoms. The van der Waals surface area contributed by atoms with E-state index in [9.17, 15) is 9.18 Å².